The first-order chi connectivity index (χ1) is 13.0. The van der Waals surface area contributed by atoms with Gasteiger partial charge in [-0.05, 0) is 49.4 Å². The third kappa shape index (κ3) is 5.45. The van der Waals surface area contributed by atoms with Crippen molar-refractivity contribution < 1.29 is 14.3 Å². The van der Waals surface area contributed by atoms with Crippen LogP contribution in [0.15, 0.2) is 47.4 Å². The van der Waals surface area contributed by atoms with Crippen LogP contribution < -0.4 is 15.4 Å². The molecule has 1 heterocycles. The largest absolute Gasteiger partial charge is 0.494 e. The van der Waals surface area contributed by atoms with Crippen LogP contribution in [0.3, 0.4) is 0 Å². The van der Waals surface area contributed by atoms with Crippen molar-refractivity contribution in [2.75, 3.05) is 23.0 Å². The number of fused-ring (bicyclic) bond motifs is 1. The van der Waals surface area contributed by atoms with Crippen LogP contribution >= 0.6 is 23.1 Å². The van der Waals surface area contributed by atoms with E-state index >= 15 is 0 Å². The lowest BCUT2D eigenvalue weighted by Crippen LogP contribution is -2.13. The van der Waals surface area contributed by atoms with Gasteiger partial charge in [-0.25, -0.2) is 4.98 Å². The summed E-state index contributed by atoms with van der Waals surface area (Å²) in [6.07, 6.45) is 0. The molecule has 0 aliphatic heterocycles. The molecule has 0 aliphatic carbocycles. The molecule has 0 bridgehead atoms. The summed E-state index contributed by atoms with van der Waals surface area (Å²) < 4.78 is 6.46. The number of hydrogen-bond donors (Lipinski definition) is 2. The quantitative estimate of drug-likeness (QED) is 0.574. The Hall–Kier alpha value is -2.58. The number of rotatable bonds is 7. The molecule has 0 spiro atoms. The lowest BCUT2D eigenvalue weighted by atomic mass is 10.3. The molecular formula is C19H19N3O3S2. The van der Waals surface area contributed by atoms with Gasteiger partial charge in [0.2, 0.25) is 11.8 Å². The number of ether oxygens (including phenoxy) is 1. The summed E-state index contributed by atoms with van der Waals surface area (Å²) >= 11 is 2.85. The third-order valence-electron chi connectivity index (χ3n) is 3.46. The van der Waals surface area contributed by atoms with Gasteiger partial charge in [0.1, 0.15) is 5.75 Å². The standard InChI is InChI=1S/C19H19N3O3S2/c1-3-25-14-6-9-16-17(10-14)27-19(21-16)22-18(24)11-26-15-7-4-13(5-8-15)20-12(2)23/h4-10H,3,11H2,1-2H3,(H,20,23)(H,21,22,24). The van der Waals surface area contributed by atoms with Crippen molar-refractivity contribution in [3.05, 3.63) is 42.5 Å². The van der Waals surface area contributed by atoms with E-state index in [0.717, 1.165) is 26.5 Å². The summed E-state index contributed by atoms with van der Waals surface area (Å²) in [5, 5.41) is 6.13. The molecule has 8 heteroatoms. The van der Waals surface area contributed by atoms with E-state index < -0.39 is 0 Å². The lowest BCUT2D eigenvalue weighted by Gasteiger charge is -2.04. The van der Waals surface area contributed by atoms with Crippen molar-refractivity contribution in [1.29, 1.82) is 0 Å². The molecule has 0 radical (unpaired) electrons. The van der Waals surface area contributed by atoms with Crippen molar-refractivity contribution in [2.24, 2.45) is 0 Å². The third-order valence-corrected chi connectivity index (χ3v) is 5.41. The summed E-state index contributed by atoms with van der Waals surface area (Å²) in [4.78, 5) is 28.6. The molecule has 0 unspecified atom stereocenters. The molecule has 0 saturated heterocycles. The molecule has 2 amide bonds. The van der Waals surface area contributed by atoms with E-state index in [0.29, 0.717) is 11.7 Å². The second-order valence-electron chi connectivity index (χ2n) is 5.62. The van der Waals surface area contributed by atoms with Gasteiger partial charge in [0.25, 0.3) is 0 Å². The van der Waals surface area contributed by atoms with E-state index in [-0.39, 0.29) is 17.6 Å². The maximum atomic E-state index is 12.2. The van der Waals surface area contributed by atoms with Crippen molar-refractivity contribution in [1.82, 2.24) is 4.98 Å². The number of carbonyl (C=O) groups excluding carboxylic acids is 2. The molecule has 0 fully saturated rings. The SMILES string of the molecule is CCOc1ccc2nc(NC(=O)CSc3ccc(NC(C)=O)cc3)sc2c1. The molecule has 140 valence electrons. The molecule has 0 saturated carbocycles. The summed E-state index contributed by atoms with van der Waals surface area (Å²) in [5.74, 6) is 0.846. The van der Waals surface area contributed by atoms with Gasteiger partial charge < -0.3 is 15.4 Å². The highest BCUT2D eigenvalue weighted by Crippen LogP contribution is 2.29. The number of thioether (sulfide) groups is 1. The van der Waals surface area contributed by atoms with Crippen LogP contribution in [0.4, 0.5) is 10.8 Å². The van der Waals surface area contributed by atoms with Crippen LogP contribution in [-0.2, 0) is 9.59 Å². The minimum Gasteiger partial charge on any atom is -0.494 e. The maximum absolute atomic E-state index is 12.2. The van der Waals surface area contributed by atoms with E-state index in [1.165, 1.54) is 30.0 Å². The molecule has 0 atom stereocenters. The fraction of sp³-hybridized carbons (Fsp3) is 0.211. The zero-order valence-corrected chi connectivity index (χ0v) is 16.6. The molecule has 2 aromatic carbocycles. The van der Waals surface area contributed by atoms with Gasteiger partial charge in [0.15, 0.2) is 5.13 Å². The number of benzene rings is 2. The Labute approximate surface area is 165 Å². The van der Waals surface area contributed by atoms with Gasteiger partial charge >= 0.3 is 0 Å². The summed E-state index contributed by atoms with van der Waals surface area (Å²) in [7, 11) is 0. The number of aromatic nitrogens is 1. The number of thiazole rings is 1. The fourth-order valence-electron chi connectivity index (χ4n) is 2.36. The summed E-state index contributed by atoms with van der Waals surface area (Å²) in [6.45, 7) is 4.01. The monoisotopic (exact) mass is 401 g/mol. The predicted molar refractivity (Wildman–Crippen MR) is 111 cm³/mol. The second kappa shape index (κ2) is 8.88. The highest BCUT2D eigenvalue weighted by molar-refractivity contribution is 8.00. The minimum absolute atomic E-state index is 0.112. The zero-order chi connectivity index (χ0) is 19.2. The Morgan fingerprint density at radius 2 is 1.93 bits per heavy atom. The molecule has 3 aromatic rings. The Bertz CT molecular complexity index is 954. The molecule has 3 rings (SSSR count). The molecule has 2 N–H and O–H groups in total. The number of hydrogen-bond acceptors (Lipinski definition) is 6. The van der Waals surface area contributed by atoms with E-state index in [9.17, 15) is 9.59 Å². The number of nitrogens with one attached hydrogen (secondary N) is 2. The molecule has 6 nitrogen and oxygen atoms in total. The average Bonchev–Trinajstić information content (AvgIpc) is 3.02. The normalized spacial score (nSPS) is 10.6. The topological polar surface area (TPSA) is 80.3 Å². The average molecular weight is 402 g/mol. The number of nitrogens with zero attached hydrogens (tertiary/aromatic N) is 1. The first kappa shape index (κ1) is 19.2. The van der Waals surface area contributed by atoms with Crippen molar-refractivity contribution in [2.45, 2.75) is 18.7 Å². The fourth-order valence-corrected chi connectivity index (χ4v) is 3.97. The Morgan fingerprint density at radius 1 is 1.15 bits per heavy atom. The van der Waals surface area contributed by atoms with Crippen LogP contribution in [0.1, 0.15) is 13.8 Å². The highest BCUT2D eigenvalue weighted by Gasteiger charge is 2.09. The van der Waals surface area contributed by atoms with Crippen LogP contribution in [0, 0.1) is 0 Å². The first-order valence-corrected chi connectivity index (χ1v) is 10.2. The van der Waals surface area contributed by atoms with Crippen LogP contribution in [0.5, 0.6) is 5.75 Å². The van der Waals surface area contributed by atoms with Gasteiger partial charge in [-0.1, -0.05) is 11.3 Å². The van der Waals surface area contributed by atoms with Gasteiger partial charge in [0, 0.05) is 17.5 Å². The van der Waals surface area contributed by atoms with E-state index in [4.69, 9.17) is 4.74 Å². The summed E-state index contributed by atoms with van der Waals surface area (Å²) in [5.41, 5.74) is 1.57. The number of amides is 2. The van der Waals surface area contributed by atoms with E-state index in [2.05, 4.69) is 15.6 Å². The zero-order valence-electron chi connectivity index (χ0n) is 14.9. The minimum atomic E-state index is -0.116. The van der Waals surface area contributed by atoms with Crippen molar-refractivity contribution >= 4 is 55.9 Å². The van der Waals surface area contributed by atoms with Crippen LogP contribution in [0.2, 0.25) is 0 Å². The highest BCUT2D eigenvalue weighted by atomic mass is 32.2. The van der Waals surface area contributed by atoms with E-state index in [1.54, 1.807) is 0 Å². The Balaban J connectivity index is 1.55. The van der Waals surface area contributed by atoms with Crippen molar-refractivity contribution in [3.8, 4) is 5.75 Å². The van der Waals surface area contributed by atoms with Gasteiger partial charge in [-0.3, -0.25) is 9.59 Å². The summed E-state index contributed by atoms with van der Waals surface area (Å²) in [6, 6.07) is 13.1. The van der Waals surface area contributed by atoms with E-state index in [1.807, 2.05) is 49.4 Å². The molecule has 0 aliphatic rings. The molecular weight excluding hydrogens is 382 g/mol. The Kier molecular flexibility index (Phi) is 6.31. The second-order valence-corrected chi connectivity index (χ2v) is 7.70. The predicted octanol–water partition coefficient (Wildman–Crippen LogP) is 4.38. The van der Waals surface area contributed by atoms with Gasteiger partial charge in [0.05, 0.1) is 22.6 Å². The first-order valence-electron chi connectivity index (χ1n) is 8.37. The van der Waals surface area contributed by atoms with Gasteiger partial charge in [-0.2, -0.15) is 0 Å². The van der Waals surface area contributed by atoms with Crippen molar-refractivity contribution in [3.63, 3.8) is 0 Å². The van der Waals surface area contributed by atoms with Crippen LogP contribution in [-0.4, -0.2) is 29.2 Å². The Morgan fingerprint density at radius 3 is 2.63 bits per heavy atom. The smallest absolute Gasteiger partial charge is 0.236 e. The van der Waals surface area contributed by atoms with Crippen LogP contribution in [0.25, 0.3) is 10.2 Å². The molecule has 27 heavy (non-hydrogen) atoms. The lowest BCUT2D eigenvalue weighted by molar-refractivity contribution is -0.114. The maximum Gasteiger partial charge on any atom is 0.236 e. The number of anilines is 2. The number of carbonyl (C=O) groups is 2. The molecule has 1 aromatic heterocycles. The van der Waals surface area contributed by atoms with Gasteiger partial charge in [-0.15, -0.1) is 11.8 Å².